The minimum atomic E-state index is -0.684. The largest absolute Gasteiger partial charge is 0.481 e. The molecular weight excluding hydrogens is 386 g/mol. The van der Waals surface area contributed by atoms with Crippen LogP contribution < -0.4 is 15.8 Å². The summed E-state index contributed by atoms with van der Waals surface area (Å²) in [6, 6.07) is 11.4. The lowest BCUT2D eigenvalue weighted by Gasteiger charge is -2.15. The average molecular weight is 400 g/mol. The zero-order valence-corrected chi connectivity index (χ0v) is 13.4. The van der Waals surface area contributed by atoms with Crippen LogP contribution in [0.25, 0.3) is 0 Å². The fourth-order valence-corrected chi connectivity index (χ4v) is 2.00. The van der Waals surface area contributed by atoms with Crippen molar-refractivity contribution >= 4 is 39.9 Å². The van der Waals surface area contributed by atoms with Crippen LogP contribution in [0.15, 0.2) is 42.5 Å². The maximum absolute atomic E-state index is 13.1. The van der Waals surface area contributed by atoms with Gasteiger partial charge in [-0.15, -0.1) is 0 Å². The average Bonchev–Trinajstić information content (AvgIpc) is 2.45. The number of nitrogen functional groups attached to an aromatic ring is 1. The van der Waals surface area contributed by atoms with Crippen molar-refractivity contribution in [1.29, 1.82) is 0 Å². The molecule has 0 heterocycles. The predicted molar refractivity (Wildman–Crippen MR) is 88.7 cm³/mol. The standard InChI is InChI=1S/C15H14FIN2O2/c1-9(21-12-5-2-10(17)3-6-12)15(20)19-11-4-7-13(16)14(18)8-11/h2-9H,18H2,1H3,(H,19,20). The molecule has 0 aliphatic heterocycles. The first kappa shape index (κ1) is 15.6. The molecule has 110 valence electrons. The van der Waals surface area contributed by atoms with Gasteiger partial charge in [0, 0.05) is 9.26 Å². The van der Waals surface area contributed by atoms with Crippen molar-refractivity contribution < 1.29 is 13.9 Å². The molecule has 2 aromatic carbocycles. The molecule has 2 aromatic rings. The van der Waals surface area contributed by atoms with Gasteiger partial charge in [0.2, 0.25) is 0 Å². The van der Waals surface area contributed by atoms with Crippen LogP contribution in [0.3, 0.4) is 0 Å². The Morgan fingerprint density at radius 3 is 2.57 bits per heavy atom. The second kappa shape index (κ2) is 6.75. The third-order valence-electron chi connectivity index (χ3n) is 2.76. The van der Waals surface area contributed by atoms with E-state index in [0.29, 0.717) is 11.4 Å². The summed E-state index contributed by atoms with van der Waals surface area (Å²) in [4.78, 5) is 12.0. The van der Waals surface area contributed by atoms with Crippen LogP contribution in [-0.2, 0) is 4.79 Å². The topological polar surface area (TPSA) is 64.3 Å². The second-order valence-electron chi connectivity index (χ2n) is 4.44. The summed E-state index contributed by atoms with van der Waals surface area (Å²) >= 11 is 2.19. The Balaban J connectivity index is 1.98. The number of carbonyl (C=O) groups is 1. The number of hydrogen-bond donors (Lipinski definition) is 2. The molecule has 1 unspecified atom stereocenters. The molecule has 2 rings (SSSR count). The van der Waals surface area contributed by atoms with Crippen molar-refractivity contribution in [1.82, 2.24) is 0 Å². The molecule has 0 spiro atoms. The van der Waals surface area contributed by atoms with Crippen molar-refractivity contribution in [2.24, 2.45) is 0 Å². The highest BCUT2D eigenvalue weighted by atomic mass is 127. The van der Waals surface area contributed by atoms with E-state index in [1.54, 1.807) is 19.1 Å². The number of carbonyl (C=O) groups excluding carboxylic acids is 1. The first-order valence-corrected chi connectivity index (χ1v) is 7.31. The highest BCUT2D eigenvalue weighted by molar-refractivity contribution is 14.1. The fraction of sp³-hybridized carbons (Fsp3) is 0.133. The van der Waals surface area contributed by atoms with E-state index in [2.05, 4.69) is 27.9 Å². The van der Waals surface area contributed by atoms with Gasteiger partial charge < -0.3 is 15.8 Å². The van der Waals surface area contributed by atoms with Crippen LogP contribution in [0.1, 0.15) is 6.92 Å². The number of ether oxygens (including phenoxy) is 1. The molecular formula is C15H14FIN2O2. The molecule has 6 heteroatoms. The molecule has 4 nitrogen and oxygen atoms in total. The number of amides is 1. The summed E-state index contributed by atoms with van der Waals surface area (Å²) in [5, 5.41) is 2.63. The summed E-state index contributed by atoms with van der Waals surface area (Å²) in [6.07, 6.45) is -0.684. The summed E-state index contributed by atoms with van der Waals surface area (Å²) in [6.45, 7) is 1.64. The van der Waals surface area contributed by atoms with Gasteiger partial charge in [-0.05, 0) is 72.0 Å². The Kier molecular flexibility index (Phi) is 5.00. The number of rotatable bonds is 4. The van der Waals surface area contributed by atoms with E-state index >= 15 is 0 Å². The smallest absolute Gasteiger partial charge is 0.265 e. The van der Waals surface area contributed by atoms with Gasteiger partial charge in [-0.3, -0.25) is 4.79 Å². The third kappa shape index (κ3) is 4.32. The van der Waals surface area contributed by atoms with Crippen LogP contribution in [0.4, 0.5) is 15.8 Å². The fourth-order valence-electron chi connectivity index (χ4n) is 1.64. The minimum Gasteiger partial charge on any atom is -0.481 e. The minimum absolute atomic E-state index is 0.0148. The Morgan fingerprint density at radius 1 is 1.29 bits per heavy atom. The molecule has 0 aliphatic carbocycles. The lowest BCUT2D eigenvalue weighted by Crippen LogP contribution is -2.30. The number of nitrogens with one attached hydrogen (secondary N) is 1. The highest BCUT2D eigenvalue weighted by Crippen LogP contribution is 2.18. The molecule has 1 atom stereocenters. The molecule has 1 amide bonds. The number of benzene rings is 2. The molecule has 21 heavy (non-hydrogen) atoms. The van der Waals surface area contributed by atoms with Crippen LogP contribution in [-0.4, -0.2) is 12.0 Å². The van der Waals surface area contributed by atoms with E-state index in [9.17, 15) is 9.18 Å². The first-order chi connectivity index (χ1) is 9.95. The number of nitrogens with two attached hydrogens (primary N) is 1. The van der Waals surface area contributed by atoms with Gasteiger partial charge in [0.05, 0.1) is 5.69 Å². The van der Waals surface area contributed by atoms with Gasteiger partial charge in [-0.1, -0.05) is 0 Å². The molecule has 0 fully saturated rings. The number of anilines is 2. The van der Waals surface area contributed by atoms with E-state index in [-0.39, 0.29) is 11.6 Å². The second-order valence-corrected chi connectivity index (χ2v) is 5.69. The Morgan fingerprint density at radius 2 is 1.95 bits per heavy atom. The molecule has 0 aromatic heterocycles. The Labute approximate surface area is 135 Å². The highest BCUT2D eigenvalue weighted by Gasteiger charge is 2.15. The maximum Gasteiger partial charge on any atom is 0.265 e. The first-order valence-electron chi connectivity index (χ1n) is 6.24. The Hall–Kier alpha value is -1.83. The summed E-state index contributed by atoms with van der Waals surface area (Å²) < 4.78 is 19.7. The van der Waals surface area contributed by atoms with E-state index < -0.39 is 11.9 Å². The molecule has 0 radical (unpaired) electrons. The number of hydrogen-bond acceptors (Lipinski definition) is 3. The summed E-state index contributed by atoms with van der Waals surface area (Å²) in [7, 11) is 0. The zero-order chi connectivity index (χ0) is 15.4. The predicted octanol–water partition coefficient (Wildman–Crippen LogP) is 3.42. The number of halogens is 2. The van der Waals surface area contributed by atoms with Crippen LogP contribution in [0.2, 0.25) is 0 Å². The van der Waals surface area contributed by atoms with Crippen molar-refractivity contribution in [3.8, 4) is 5.75 Å². The van der Waals surface area contributed by atoms with Gasteiger partial charge in [-0.2, -0.15) is 0 Å². The summed E-state index contributed by atoms with van der Waals surface area (Å²) in [5.74, 6) is -0.243. The lowest BCUT2D eigenvalue weighted by atomic mass is 10.2. The normalized spacial score (nSPS) is 11.8. The van der Waals surface area contributed by atoms with Crippen molar-refractivity contribution in [3.05, 3.63) is 51.9 Å². The molecule has 0 aliphatic rings. The van der Waals surface area contributed by atoms with E-state index in [4.69, 9.17) is 10.5 Å². The zero-order valence-electron chi connectivity index (χ0n) is 11.3. The van der Waals surface area contributed by atoms with E-state index in [0.717, 1.165) is 3.57 Å². The van der Waals surface area contributed by atoms with Gasteiger partial charge in [0.15, 0.2) is 6.10 Å². The van der Waals surface area contributed by atoms with Gasteiger partial charge >= 0.3 is 0 Å². The van der Waals surface area contributed by atoms with E-state index in [1.807, 2.05) is 12.1 Å². The third-order valence-corrected chi connectivity index (χ3v) is 3.48. The van der Waals surface area contributed by atoms with Gasteiger partial charge in [-0.25, -0.2) is 4.39 Å². The molecule has 0 saturated carbocycles. The van der Waals surface area contributed by atoms with Crippen LogP contribution >= 0.6 is 22.6 Å². The van der Waals surface area contributed by atoms with Crippen molar-refractivity contribution in [3.63, 3.8) is 0 Å². The van der Waals surface area contributed by atoms with Crippen LogP contribution in [0.5, 0.6) is 5.75 Å². The van der Waals surface area contributed by atoms with E-state index in [1.165, 1.54) is 18.2 Å². The SMILES string of the molecule is CC(Oc1ccc(I)cc1)C(=O)Nc1ccc(F)c(N)c1. The Bertz CT molecular complexity index is 647. The van der Waals surface area contributed by atoms with Crippen molar-refractivity contribution in [2.45, 2.75) is 13.0 Å². The monoisotopic (exact) mass is 400 g/mol. The van der Waals surface area contributed by atoms with Gasteiger partial charge in [0.25, 0.3) is 5.91 Å². The molecule has 3 N–H and O–H groups in total. The van der Waals surface area contributed by atoms with Crippen molar-refractivity contribution in [2.75, 3.05) is 11.1 Å². The maximum atomic E-state index is 13.1. The summed E-state index contributed by atoms with van der Waals surface area (Å²) in [5.41, 5.74) is 5.86. The molecule has 0 saturated heterocycles. The quantitative estimate of drug-likeness (QED) is 0.611. The van der Waals surface area contributed by atoms with Gasteiger partial charge in [0.1, 0.15) is 11.6 Å². The lowest BCUT2D eigenvalue weighted by molar-refractivity contribution is -0.122. The van der Waals surface area contributed by atoms with Crippen LogP contribution in [0, 0.1) is 9.39 Å². The molecule has 0 bridgehead atoms.